The summed E-state index contributed by atoms with van der Waals surface area (Å²) in [5.41, 5.74) is 17.8. The third-order valence-electron chi connectivity index (χ3n) is 6.67. The summed E-state index contributed by atoms with van der Waals surface area (Å²) in [6.07, 6.45) is 3.45. The number of carbonyl (C=O) groups is 1. The summed E-state index contributed by atoms with van der Waals surface area (Å²) >= 11 is 0. The molecule has 1 saturated carbocycles. The van der Waals surface area contributed by atoms with E-state index in [9.17, 15) is 9.18 Å². The van der Waals surface area contributed by atoms with E-state index in [0.29, 0.717) is 41.4 Å². The molecule has 1 aromatic carbocycles. The molecule has 2 aliphatic heterocycles. The highest BCUT2D eigenvalue weighted by Gasteiger charge is 2.43. The van der Waals surface area contributed by atoms with Gasteiger partial charge < -0.3 is 11.1 Å². The molecule has 0 bridgehead atoms. The van der Waals surface area contributed by atoms with Crippen LogP contribution in [0, 0.1) is 17.7 Å². The Hall–Kier alpha value is -2.51. The lowest BCUT2D eigenvalue weighted by Gasteiger charge is -2.39. The maximum atomic E-state index is 13.4. The molecule has 0 spiro atoms. The van der Waals surface area contributed by atoms with Crippen molar-refractivity contribution in [2.45, 2.75) is 38.3 Å². The van der Waals surface area contributed by atoms with Gasteiger partial charge in [-0.05, 0) is 59.9 Å². The lowest BCUT2D eigenvalue weighted by molar-refractivity contribution is 0.0966. The second-order valence-corrected chi connectivity index (χ2v) is 8.20. The van der Waals surface area contributed by atoms with Gasteiger partial charge in [0.15, 0.2) is 0 Å². The number of nitrogens with one attached hydrogen (secondary N) is 3. The van der Waals surface area contributed by atoms with E-state index in [2.05, 4.69) is 34.1 Å². The molecule has 6 nitrogen and oxygen atoms in total. The molecule has 146 valence electrons. The van der Waals surface area contributed by atoms with Gasteiger partial charge in [-0.25, -0.2) is 4.39 Å². The van der Waals surface area contributed by atoms with Crippen LogP contribution in [-0.2, 0) is 6.54 Å². The number of anilines is 1. The van der Waals surface area contributed by atoms with Crippen molar-refractivity contribution in [3.05, 3.63) is 46.9 Å². The highest BCUT2D eigenvalue weighted by molar-refractivity contribution is 6.05. The lowest BCUT2D eigenvalue weighted by Crippen LogP contribution is -2.39. The van der Waals surface area contributed by atoms with Gasteiger partial charge in [0.2, 0.25) is 0 Å². The Labute approximate surface area is 163 Å². The van der Waals surface area contributed by atoms with E-state index >= 15 is 0 Å². The Morgan fingerprint density at radius 1 is 1.29 bits per heavy atom. The van der Waals surface area contributed by atoms with Crippen LogP contribution in [0.3, 0.4) is 0 Å². The smallest absolute Gasteiger partial charge is 0.254 e. The molecule has 5 rings (SSSR count). The van der Waals surface area contributed by atoms with Crippen LogP contribution in [0.5, 0.6) is 0 Å². The number of halogens is 1. The van der Waals surface area contributed by atoms with E-state index in [0.717, 1.165) is 36.1 Å². The van der Waals surface area contributed by atoms with Crippen LogP contribution >= 0.6 is 0 Å². The van der Waals surface area contributed by atoms with Gasteiger partial charge in [0.05, 0.1) is 17.5 Å². The topological polar surface area (TPSA) is 92.1 Å². The summed E-state index contributed by atoms with van der Waals surface area (Å²) < 4.78 is 13.4. The van der Waals surface area contributed by atoms with E-state index in [1.807, 2.05) is 0 Å². The van der Waals surface area contributed by atoms with Crippen LogP contribution in [0.1, 0.15) is 47.2 Å². The van der Waals surface area contributed by atoms with Crippen molar-refractivity contribution in [1.82, 2.24) is 21.2 Å². The first-order valence-electron chi connectivity index (χ1n) is 9.88. The van der Waals surface area contributed by atoms with E-state index in [1.165, 1.54) is 12.3 Å². The summed E-state index contributed by atoms with van der Waals surface area (Å²) in [6.45, 7) is 3.57. The second kappa shape index (κ2) is 6.53. The number of pyridine rings is 1. The van der Waals surface area contributed by atoms with Gasteiger partial charge >= 0.3 is 0 Å². The summed E-state index contributed by atoms with van der Waals surface area (Å²) in [4.78, 5) is 16.8. The van der Waals surface area contributed by atoms with Crippen molar-refractivity contribution in [2.24, 2.45) is 11.8 Å². The molecule has 4 unspecified atom stereocenters. The zero-order valence-corrected chi connectivity index (χ0v) is 15.8. The summed E-state index contributed by atoms with van der Waals surface area (Å²) in [5, 5.41) is 2.89. The van der Waals surface area contributed by atoms with Crippen LogP contribution in [0.25, 0.3) is 11.3 Å². The van der Waals surface area contributed by atoms with E-state index < -0.39 is 0 Å². The first-order chi connectivity index (χ1) is 13.5. The molecule has 4 atom stereocenters. The number of nitrogen functional groups attached to an aromatic ring is 1. The number of hydrogen-bond donors (Lipinski definition) is 4. The van der Waals surface area contributed by atoms with Gasteiger partial charge in [-0.1, -0.05) is 6.92 Å². The van der Waals surface area contributed by atoms with Gasteiger partial charge in [0.1, 0.15) is 5.82 Å². The van der Waals surface area contributed by atoms with Crippen LogP contribution in [0.15, 0.2) is 24.4 Å². The van der Waals surface area contributed by atoms with Crippen LogP contribution in [-0.4, -0.2) is 23.5 Å². The number of hydrazine groups is 1. The summed E-state index contributed by atoms with van der Waals surface area (Å²) in [6, 6.07) is 5.57. The molecule has 1 aliphatic carbocycles. The number of hydrogen-bond acceptors (Lipinski definition) is 5. The number of fused-ring (bicyclic) bond motifs is 2. The Morgan fingerprint density at radius 2 is 2.14 bits per heavy atom. The Morgan fingerprint density at radius 3 is 2.93 bits per heavy atom. The van der Waals surface area contributed by atoms with Gasteiger partial charge in [0, 0.05) is 30.4 Å². The molecule has 0 radical (unpaired) electrons. The fourth-order valence-electron chi connectivity index (χ4n) is 5.30. The van der Waals surface area contributed by atoms with Crippen LogP contribution in [0.2, 0.25) is 0 Å². The molecule has 1 aromatic heterocycles. The Bertz CT molecular complexity index is 945. The first kappa shape index (κ1) is 17.6. The minimum atomic E-state index is -0.378. The van der Waals surface area contributed by atoms with Crippen LogP contribution in [0.4, 0.5) is 10.1 Å². The Balaban J connectivity index is 1.70. The van der Waals surface area contributed by atoms with E-state index in [4.69, 9.17) is 5.73 Å². The number of benzene rings is 1. The van der Waals surface area contributed by atoms with Gasteiger partial charge in [0.25, 0.3) is 5.91 Å². The molecule has 1 amide bonds. The predicted molar refractivity (Wildman–Crippen MR) is 105 cm³/mol. The van der Waals surface area contributed by atoms with Crippen molar-refractivity contribution in [1.29, 1.82) is 0 Å². The molecular formula is C21H24FN5O. The number of amides is 1. The van der Waals surface area contributed by atoms with Crippen molar-refractivity contribution >= 4 is 11.6 Å². The second-order valence-electron chi connectivity index (χ2n) is 8.20. The molecule has 2 aromatic rings. The fraction of sp³-hybridized carbons (Fsp3) is 0.429. The number of nitrogens with two attached hydrogens (primary N) is 1. The SMILES string of the molecule is CC1CCC2NNCC2C1c1cc(-c2ccc(F)cn2)c2c(c1N)C(=O)NC2. The summed E-state index contributed by atoms with van der Waals surface area (Å²) in [7, 11) is 0. The van der Waals surface area contributed by atoms with Crippen molar-refractivity contribution in [3.8, 4) is 11.3 Å². The average Bonchev–Trinajstić information content (AvgIpc) is 3.31. The minimum Gasteiger partial charge on any atom is -0.398 e. The average molecular weight is 381 g/mol. The highest BCUT2D eigenvalue weighted by Crippen LogP contribution is 2.47. The highest BCUT2D eigenvalue weighted by atomic mass is 19.1. The zero-order valence-electron chi connectivity index (χ0n) is 15.8. The number of rotatable bonds is 2. The minimum absolute atomic E-state index is 0.139. The van der Waals surface area contributed by atoms with Crippen molar-refractivity contribution < 1.29 is 9.18 Å². The number of carbonyl (C=O) groups excluding carboxylic acids is 1. The fourth-order valence-corrected chi connectivity index (χ4v) is 5.30. The van der Waals surface area contributed by atoms with Gasteiger partial charge in [-0.15, -0.1) is 0 Å². The monoisotopic (exact) mass is 381 g/mol. The zero-order chi connectivity index (χ0) is 19.4. The molecule has 3 heterocycles. The first-order valence-corrected chi connectivity index (χ1v) is 9.88. The maximum absolute atomic E-state index is 13.4. The van der Waals surface area contributed by atoms with E-state index in [-0.39, 0.29) is 17.6 Å². The van der Waals surface area contributed by atoms with Gasteiger partial charge in [-0.2, -0.15) is 0 Å². The largest absolute Gasteiger partial charge is 0.398 e. The molecular weight excluding hydrogens is 357 g/mol. The number of nitrogens with zero attached hydrogens (tertiary/aromatic N) is 1. The molecule has 3 aliphatic rings. The molecule has 1 saturated heterocycles. The third-order valence-corrected chi connectivity index (χ3v) is 6.67. The van der Waals surface area contributed by atoms with Crippen LogP contribution < -0.4 is 21.9 Å². The normalized spacial score (nSPS) is 28.7. The van der Waals surface area contributed by atoms with Crippen molar-refractivity contribution in [2.75, 3.05) is 12.3 Å². The summed E-state index contributed by atoms with van der Waals surface area (Å²) in [5.74, 6) is 0.612. The molecule has 7 heteroatoms. The predicted octanol–water partition coefficient (Wildman–Crippen LogP) is 2.32. The molecule has 28 heavy (non-hydrogen) atoms. The quantitative estimate of drug-likeness (QED) is 0.599. The molecule has 5 N–H and O–H groups in total. The maximum Gasteiger partial charge on any atom is 0.254 e. The molecule has 2 fully saturated rings. The number of aromatic nitrogens is 1. The van der Waals surface area contributed by atoms with Crippen molar-refractivity contribution in [3.63, 3.8) is 0 Å². The lowest BCUT2D eigenvalue weighted by atomic mass is 9.67. The van der Waals surface area contributed by atoms with Gasteiger partial charge in [-0.3, -0.25) is 20.6 Å². The van der Waals surface area contributed by atoms with E-state index in [1.54, 1.807) is 6.07 Å². The standard InChI is InChI=1S/C21H24FN5O/c1-10-2-4-17-15(9-26-27-17)18(10)13-6-12(16-5-3-11(22)7-24-16)14-8-25-21(28)19(14)20(13)23/h3,5-7,10,15,17-18,26-27H,2,4,8-9,23H2,1H3,(H,25,28). The third kappa shape index (κ3) is 2.61. The Kier molecular flexibility index (Phi) is 4.10.